The second-order valence-electron chi connectivity index (χ2n) is 9.33. The summed E-state index contributed by atoms with van der Waals surface area (Å²) in [5.74, 6) is 1.51. The molecule has 4 N–H and O–H groups in total. The molecule has 2 fully saturated rings. The van der Waals surface area contributed by atoms with Crippen molar-refractivity contribution in [2.75, 3.05) is 37.3 Å². The highest BCUT2D eigenvalue weighted by atomic mass is 16.5. The molecule has 0 bridgehead atoms. The first-order valence-corrected chi connectivity index (χ1v) is 11.2. The normalized spacial score (nSPS) is 18.8. The summed E-state index contributed by atoms with van der Waals surface area (Å²) in [4.78, 5) is 22.2. The van der Waals surface area contributed by atoms with Crippen molar-refractivity contribution in [2.24, 2.45) is 5.41 Å². The Kier molecular flexibility index (Phi) is 6.15. The van der Waals surface area contributed by atoms with E-state index in [9.17, 15) is 4.79 Å². The SMILES string of the molecule is CNCC1(CC=O)CCN(c2cc(C(=N)c3cc(OC4(C)CC4)ccc3N)ncn2)CC1. The van der Waals surface area contributed by atoms with Gasteiger partial charge in [0, 0.05) is 43.4 Å². The van der Waals surface area contributed by atoms with E-state index in [1.165, 1.54) is 6.33 Å². The Bertz CT molecular complexity index is 996. The van der Waals surface area contributed by atoms with E-state index in [4.69, 9.17) is 15.9 Å². The number of anilines is 2. The first-order chi connectivity index (χ1) is 15.4. The highest BCUT2D eigenvalue weighted by Crippen LogP contribution is 2.40. The Morgan fingerprint density at radius 1 is 1.25 bits per heavy atom. The van der Waals surface area contributed by atoms with Crippen LogP contribution in [0.3, 0.4) is 0 Å². The number of aromatic nitrogens is 2. The van der Waals surface area contributed by atoms with Gasteiger partial charge in [0.15, 0.2) is 0 Å². The van der Waals surface area contributed by atoms with Gasteiger partial charge in [-0.25, -0.2) is 9.97 Å². The number of nitrogens with two attached hydrogens (primary N) is 1. The van der Waals surface area contributed by atoms with Crippen LogP contribution in [0.2, 0.25) is 0 Å². The van der Waals surface area contributed by atoms with Gasteiger partial charge in [0.05, 0.1) is 11.4 Å². The minimum Gasteiger partial charge on any atom is -0.488 e. The number of aldehydes is 1. The maximum absolute atomic E-state index is 11.2. The molecule has 2 aromatic rings. The van der Waals surface area contributed by atoms with Crippen LogP contribution in [-0.2, 0) is 4.79 Å². The average molecular weight is 437 g/mol. The second kappa shape index (κ2) is 8.86. The molecule has 0 unspecified atom stereocenters. The number of ether oxygens (including phenoxy) is 1. The van der Waals surface area contributed by atoms with Gasteiger partial charge in [-0.1, -0.05) is 0 Å². The standard InChI is InChI=1S/C24H32N6O2/c1-23(5-6-23)32-17-3-4-19(25)18(13-17)22(26)20-14-21(29-16-28-20)30-10-7-24(8-11-30,9-12-31)15-27-2/h3-4,12-14,16,26-27H,5-11,15,25H2,1-2H3. The zero-order valence-electron chi connectivity index (χ0n) is 18.9. The van der Waals surface area contributed by atoms with Crippen LogP contribution in [0.1, 0.15) is 50.3 Å². The summed E-state index contributed by atoms with van der Waals surface area (Å²) in [6, 6.07) is 7.31. The maximum Gasteiger partial charge on any atom is 0.132 e. The lowest BCUT2D eigenvalue weighted by molar-refractivity contribution is -0.110. The van der Waals surface area contributed by atoms with Crippen molar-refractivity contribution in [3.63, 3.8) is 0 Å². The van der Waals surface area contributed by atoms with Crippen molar-refractivity contribution in [3.8, 4) is 5.75 Å². The van der Waals surface area contributed by atoms with E-state index in [1.807, 2.05) is 25.2 Å². The maximum atomic E-state index is 11.2. The number of nitrogen functional groups attached to an aromatic ring is 1. The summed E-state index contributed by atoms with van der Waals surface area (Å²) in [6.07, 6.45) is 7.00. The Morgan fingerprint density at radius 2 is 2.00 bits per heavy atom. The third-order valence-electron chi connectivity index (χ3n) is 6.74. The lowest BCUT2D eigenvalue weighted by Crippen LogP contribution is -2.45. The summed E-state index contributed by atoms with van der Waals surface area (Å²) in [7, 11) is 1.93. The van der Waals surface area contributed by atoms with E-state index in [0.29, 0.717) is 23.4 Å². The van der Waals surface area contributed by atoms with Crippen molar-refractivity contribution in [1.29, 1.82) is 5.41 Å². The number of carbonyl (C=O) groups is 1. The summed E-state index contributed by atoms with van der Waals surface area (Å²) in [5, 5.41) is 12.0. The summed E-state index contributed by atoms with van der Waals surface area (Å²) >= 11 is 0. The number of benzene rings is 1. The molecule has 8 heteroatoms. The fourth-order valence-electron chi connectivity index (χ4n) is 4.39. The lowest BCUT2D eigenvalue weighted by atomic mass is 9.76. The van der Waals surface area contributed by atoms with Gasteiger partial charge < -0.3 is 25.5 Å². The van der Waals surface area contributed by atoms with Crippen LogP contribution < -0.4 is 20.7 Å². The van der Waals surface area contributed by atoms with Crippen molar-refractivity contribution < 1.29 is 9.53 Å². The summed E-state index contributed by atoms with van der Waals surface area (Å²) in [6.45, 7) is 4.53. The highest BCUT2D eigenvalue weighted by Gasteiger charge is 2.40. The molecule has 1 aromatic carbocycles. The molecule has 2 heterocycles. The minimum absolute atomic E-state index is 0.00264. The van der Waals surface area contributed by atoms with Crippen LogP contribution in [0.4, 0.5) is 11.5 Å². The molecule has 0 atom stereocenters. The van der Waals surface area contributed by atoms with E-state index in [0.717, 1.165) is 63.2 Å². The topological polar surface area (TPSA) is 117 Å². The van der Waals surface area contributed by atoms with E-state index in [1.54, 1.807) is 6.07 Å². The van der Waals surface area contributed by atoms with Crippen molar-refractivity contribution in [3.05, 3.63) is 41.9 Å². The first-order valence-electron chi connectivity index (χ1n) is 11.2. The molecule has 1 aliphatic heterocycles. The largest absolute Gasteiger partial charge is 0.488 e. The first kappa shape index (κ1) is 22.2. The van der Waals surface area contributed by atoms with Crippen LogP contribution >= 0.6 is 0 Å². The van der Waals surface area contributed by atoms with Crippen LogP contribution in [0.25, 0.3) is 0 Å². The number of carbonyl (C=O) groups excluding carboxylic acids is 1. The smallest absolute Gasteiger partial charge is 0.132 e. The molecular formula is C24H32N6O2. The quantitative estimate of drug-likeness (QED) is 0.314. The second-order valence-corrected chi connectivity index (χ2v) is 9.33. The predicted octanol–water partition coefficient (Wildman–Crippen LogP) is 2.80. The van der Waals surface area contributed by atoms with Crippen LogP contribution in [-0.4, -0.2) is 54.2 Å². The molecule has 32 heavy (non-hydrogen) atoms. The third-order valence-corrected chi connectivity index (χ3v) is 6.74. The van der Waals surface area contributed by atoms with Crippen LogP contribution in [0.15, 0.2) is 30.6 Å². The molecule has 1 saturated carbocycles. The summed E-state index contributed by atoms with van der Waals surface area (Å²) in [5.41, 5.74) is 7.99. The Hall–Kier alpha value is -3.00. The van der Waals surface area contributed by atoms with Gasteiger partial charge in [0.2, 0.25) is 0 Å². The number of hydrogen-bond donors (Lipinski definition) is 3. The molecule has 170 valence electrons. The zero-order chi connectivity index (χ0) is 22.8. The fraction of sp³-hybridized carbons (Fsp3) is 0.500. The molecule has 4 rings (SSSR count). The molecule has 0 radical (unpaired) electrons. The van der Waals surface area contributed by atoms with E-state index in [2.05, 4.69) is 27.1 Å². The third kappa shape index (κ3) is 4.75. The molecular weight excluding hydrogens is 404 g/mol. The Labute approximate surface area is 189 Å². The molecule has 2 aliphatic rings. The predicted molar refractivity (Wildman–Crippen MR) is 126 cm³/mol. The lowest BCUT2D eigenvalue weighted by Gasteiger charge is -2.41. The molecule has 0 amide bonds. The van der Waals surface area contributed by atoms with Gasteiger partial charge in [-0.2, -0.15) is 0 Å². The van der Waals surface area contributed by atoms with Crippen molar-refractivity contribution in [1.82, 2.24) is 15.3 Å². The van der Waals surface area contributed by atoms with E-state index in [-0.39, 0.29) is 16.7 Å². The van der Waals surface area contributed by atoms with Gasteiger partial charge in [0.25, 0.3) is 0 Å². The average Bonchev–Trinajstić information content (AvgIpc) is 3.52. The van der Waals surface area contributed by atoms with E-state index >= 15 is 0 Å². The molecule has 8 nitrogen and oxygen atoms in total. The van der Waals surface area contributed by atoms with Gasteiger partial charge in [-0.3, -0.25) is 5.41 Å². The number of hydrogen-bond acceptors (Lipinski definition) is 8. The molecule has 0 spiro atoms. The minimum atomic E-state index is -0.0989. The van der Waals surface area contributed by atoms with Gasteiger partial charge in [0.1, 0.15) is 29.8 Å². The molecule has 1 saturated heterocycles. The van der Waals surface area contributed by atoms with Crippen molar-refractivity contribution in [2.45, 2.75) is 44.6 Å². The molecule has 1 aliphatic carbocycles. The molecule has 1 aromatic heterocycles. The van der Waals surface area contributed by atoms with Gasteiger partial charge in [-0.15, -0.1) is 0 Å². The number of rotatable bonds is 9. The zero-order valence-corrected chi connectivity index (χ0v) is 18.9. The monoisotopic (exact) mass is 436 g/mol. The van der Waals surface area contributed by atoms with Crippen LogP contribution in [0, 0.1) is 10.8 Å². The van der Waals surface area contributed by atoms with E-state index < -0.39 is 0 Å². The number of piperidine rings is 1. The van der Waals surface area contributed by atoms with Gasteiger partial charge >= 0.3 is 0 Å². The van der Waals surface area contributed by atoms with Gasteiger partial charge in [-0.05, 0) is 63.3 Å². The highest BCUT2D eigenvalue weighted by molar-refractivity contribution is 6.13. The number of nitrogens with one attached hydrogen (secondary N) is 2. The Balaban J connectivity index is 1.50. The summed E-state index contributed by atoms with van der Waals surface area (Å²) < 4.78 is 6.05. The Morgan fingerprint density at radius 3 is 2.66 bits per heavy atom. The number of nitrogens with zero attached hydrogens (tertiary/aromatic N) is 3. The van der Waals surface area contributed by atoms with Crippen molar-refractivity contribution >= 4 is 23.5 Å². The van der Waals surface area contributed by atoms with Crippen LogP contribution in [0.5, 0.6) is 5.75 Å². The fourth-order valence-corrected chi connectivity index (χ4v) is 4.39.